The van der Waals surface area contributed by atoms with Crippen LogP contribution in [0.1, 0.15) is 5.37 Å². The molecule has 1 aromatic heterocycles. The van der Waals surface area contributed by atoms with Crippen LogP contribution in [0.4, 0.5) is 5.82 Å². The Kier molecular flexibility index (Phi) is 3.47. The van der Waals surface area contributed by atoms with Crippen molar-refractivity contribution in [1.82, 2.24) is 9.55 Å². The van der Waals surface area contributed by atoms with Crippen LogP contribution in [0.2, 0.25) is 0 Å². The molecule has 0 spiro atoms. The molecule has 2 atom stereocenters. The lowest BCUT2D eigenvalue weighted by atomic mass is 10.5. The zero-order valence-corrected chi connectivity index (χ0v) is 9.61. The van der Waals surface area contributed by atoms with Gasteiger partial charge in [0.25, 0.3) is 0 Å². The number of ether oxygens (including phenoxy) is 1. The summed E-state index contributed by atoms with van der Waals surface area (Å²) < 4.78 is 6.81. The number of nitrogens with one attached hydrogen (secondary N) is 1. The molecule has 0 aliphatic carbocycles. The van der Waals surface area contributed by atoms with Gasteiger partial charge in [-0.15, -0.1) is 11.8 Å². The van der Waals surface area contributed by atoms with E-state index in [-0.39, 0.29) is 23.1 Å². The van der Waals surface area contributed by atoms with Crippen LogP contribution in [0.25, 0.3) is 0 Å². The Hall–Kier alpha value is -1.05. The van der Waals surface area contributed by atoms with Gasteiger partial charge in [-0.2, -0.15) is 4.98 Å². The van der Waals surface area contributed by atoms with Gasteiger partial charge in [-0.05, 0) is 6.07 Å². The molecule has 1 aliphatic heterocycles. The van der Waals surface area contributed by atoms with E-state index in [4.69, 9.17) is 9.84 Å². The third-order valence-corrected chi connectivity index (χ3v) is 3.55. The first-order chi connectivity index (χ1) is 7.74. The summed E-state index contributed by atoms with van der Waals surface area (Å²) in [5.41, 5.74) is -0.563. The molecule has 2 N–H and O–H groups in total. The van der Waals surface area contributed by atoms with Gasteiger partial charge in [0, 0.05) is 13.2 Å². The van der Waals surface area contributed by atoms with Crippen molar-refractivity contribution in [2.45, 2.75) is 10.8 Å². The number of hydrogen-bond acceptors (Lipinski definition) is 6. The monoisotopic (exact) mass is 243 g/mol. The third-order valence-electron chi connectivity index (χ3n) is 2.28. The van der Waals surface area contributed by atoms with Crippen molar-refractivity contribution in [3.8, 4) is 0 Å². The quantitative estimate of drug-likeness (QED) is 0.770. The van der Waals surface area contributed by atoms with E-state index >= 15 is 0 Å². The Labute approximate surface area is 96.6 Å². The summed E-state index contributed by atoms with van der Waals surface area (Å²) in [4.78, 5) is 15.5. The lowest BCUT2D eigenvalue weighted by Gasteiger charge is -2.11. The van der Waals surface area contributed by atoms with Crippen LogP contribution in [0.15, 0.2) is 17.1 Å². The first-order valence-electron chi connectivity index (χ1n) is 4.89. The first-order valence-corrected chi connectivity index (χ1v) is 5.83. The average Bonchev–Trinajstić information content (AvgIpc) is 2.77. The van der Waals surface area contributed by atoms with E-state index in [1.165, 1.54) is 16.3 Å². The molecule has 6 nitrogen and oxygen atoms in total. The van der Waals surface area contributed by atoms with E-state index in [0.29, 0.717) is 12.4 Å². The second kappa shape index (κ2) is 4.86. The van der Waals surface area contributed by atoms with Crippen LogP contribution in [0.5, 0.6) is 0 Å². The number of thioether (sulfide) groups is 1. The molecule has 88 valence electrons. The van der Waals surface area contributed by atoms with Gasteiger partial charge < -0.3 is 15.2 Å². The third kappa shape index (κ3) is 2.21. The summed E-state index contributed by atoms with van der Waals surface area (Å²) in [6.07, 6.45) is 1.68. The van der Waals surface area contributed by atoms with Crippen molar-refractivity contribution in [2.24, 2.45) is 0 Å². The standard InChI is InChI=1S/C9H13N3O3S/c1-10-6-2-3-12(9(14)11-6)7-5-15-8(4-13)16-7/h2-3,7-8,13H,4-5H2,1H3,(H,10,11,14)/t7-,8-/m0/s1. The van der Waals surface area contributed by atoms with Crippen molar-refractivity contribution in [3.63, 3.8) is 0 Å². The minimum Gasteiger partial charge on any atom is -0.393 e. The van der Waals surface area contributed by atoms with E-state index in [1.54, 1.807) is 19.3 Å². The highest BCUT2D eigenvalue weighted by Crippen LogP contribution is 2.34. The van der Waals surface area contributed by atoms with Gasteiger partial charge in [-0.1, -0.05) is 0 Å². The molecule has 7 heteroatoms. The molecular weight excluding hydrogens is 230 g/mol. The number of rotatable bonds is 3. The predicted octanol–water partition coefficient (Wildman–Crippen LogP) is -0.135. The van der Waals surface area contributed by atoms with Gasteiger partial charge in [0.05, 0.1) is 13.2 Å². The molecular formula is C9H13N3O3S. The summed E-state index contributed by atoms with van der Waals surface area (Å²) in [6.45, 7) is 0.369. The molecule has 1 aliphatic rings. The highest BCUT2D eigenvalue weighted by atomic mass is 32.2. The summed E-state index contributed by atoms with van der Waals surface area (Å²) in [5, 5.41) is 11.6. The van der Waals surface area contributed by atoms with Gasteiger partial charge in [0.15, 0.2) is 0 Å². The van der Waals surface area contributed by atoms with E-state index < -0.39 is 0 Å². The molecule has 0 aromatic carbocycles. The van der Waals surface area contributed by atoms with Crippen LogP contribution in [-0.4, -0.2) is 40.4 Å². The maximum Gasteiger partial charge on any atom is 0.350 e. The highest BCUT2D eigenvalue weighted by molar-refractivity contribution is 8.00. The topological polar surface area (TPSA) is 76.4 Å². The van der Waals surface area contributed by atoms with Crippen molar-refractivity contribution in [3.05, 3.63) is 22.7 Å². The van der Waals surface area contributed by atoms with Crippen LogP contribution in [0.3, 0.4) is 0 Å². The Bertz CT molecular complexity index is 423. The van der Waals surface area contributed by atoms with Crippen molar-refractivity contribution >= 4 is 17.6 Å². The van der Waals surface area contributed by atoms with Crippen LogP contribution >= 0.6 is 11.8 Å². The number of anilines is 1. The molecule has 0 unspecified atom stereocenters. The summed E-state index contributed by atoms with van der Waals surface area (Å²) in [6, 6.07) is 1.73. The molecule has 2 heterocycles. The van der Waals surface area contributed by atoms with Crippen molar-refractivity contribution in [1.29, 1.82) is 0 Å². The average molecular weight is 243 g/mol. The number of nitrogens with zero attached hydrogens (tertiary/aromatic N) is 2. The van der Waals surface area contributed by atoms with Gasteiger partial charge in [0.2, 0.25) is 0 Å². The molecule has 2 rings (SSSR count). The van der Waals surface area contributed by atoms with Gasteiger partial charge in [0.1, 0.15) is 16.6 Å². The first kappa shape index (κ1) is 11.4. The van der Waals surface area contributed by atoms with Gasteiger partial charge in [-0.3, -0.25) is 4.57 Å². The smallest absolute Gasteiger partial charge is 0.350 e. The summed E-state index contributed by atoms with van der Waals surface area (Å²) >= 11 is 1.42. The van der Waals surface area contributed by atoms with E-state index in [0.717, 1.165) is 0 Å². The van der Waals surface area contributed by atoms with Crippen LogP contribution in [0, 0.1) is 0 Å². The van der Waals surface area contributed by atoms with Crippen LogP contribution in [-0.2, 0) is 4.74 Å². The zero-order chi connectivity index (χ0) is 11.5. The molecule has 0 bridgehead atoms. The second-order valence-corrected chi connectivity index (χ2v) is 4.63. The minimum atomic E-state index is -0.313. The van der Waals surface area contributed by atoms with Crippen molar-refractivity contribution in [2.75, 3.05) is 25.6 Å². The molecule has 0 amide bonds. The van der Waals surface area contributed by atoms with Gasteiger partial charge >= 0.3 is 5.69 Å². The second-order valence-electron chi connectivity index (χ2n) is 3.29. The largest absolute Gasteiger partial charge is 0.393 e. The Morgan fingerprint density at radius 1 is 1.81 bits per heavy atom. The van der Waals surface area contributed by atoms with E-state index in [2.05, 4.69) is 10.3 Å². The minimum absolute atomic E-state index is 0.0437. The SMILES string of the molecule is CNc1ccn([C@@H]2CO[C@H](CO)S2)c(=O)n1. The number of hydrogen-bond donors (Lipinski definition) is 2. The Morgan fingerprint density at radius 2 is 2.62 bits per heavy atom. The summed E-state index contributed by atoms with van der Waals surface area (Å²) in [7, 11) is 1.71. The molecule has 0 saturated carbocycles. The van der Waals surface area contributed by atoms with E-state index in [9.17, 15) is 4.79 Å². The lowest BCUT2D eigenvalue weighted by molar-refractivity contribution is 0.0803. The van der Waals surface area contributed by atoms with Crippen LogP contribution < -0.4 is 11.0 Å². The Morgan fingerprint density at radius 3 is 3.19 bits per heavy atom. The predicted molar refractivity (Wildman–Crippen MR) is 61.5 cm³/mol. The number of aliphatic hydroxyl groups excluding tert-OH is 1. The fraction of sp³-hybridized carbons (Fsp3) is 0.556. The molecule has 0 radical (unpaired) electrons. The van der Waals surface area contributed by atoms with Gasteiger partial charge in [-0.25, -0.2) is 4.79 Å². The highest BCUT2D eigenvalue weighted by Gasteiger charge is 2.27. The molecule has 1 saturated heterocycles. The summed E-state index contributed by atoms with van der Waals surface area (Å²) in [5.74, 6) is 0.545. The zero-order valence-electron chi connectivity index (χ0n) is 8.79. The maximum atomic E-state index is 11.7. The molecule has 16 heavy (non-hydrogen) atoms. The fourth-order valence-electron chi connectivity index (χ4n) is 1.46. The number of aromatic nitrogens is 2. The molecule has 1 aromatic rings. The lowest BCUT2D eigenvalue weighted by Crippen LogP contribution is -2.26. The molecule has 1 fully saturated rings. The maximum absolute atomic E-state index is 11.7. The Balaban J connectivity index is 2.19. The fourth-order valence-corrected chi connectivity index (χ4v) is 2.50. The van der Waals surface area contributed by atoms with E-state index in [1.807, 2.05) is 0 Å². The van der Waals surface area contributed by atoms with Crippen molar-refractivity contribution < 1.29 is 9.84 Å². The number of aliphatic hydroxyl groups is 1. The normalized spacial score (nSPS) is 24.6.